The molecule has 2 rings (SSSR count). The molecule has 5 heteroatoms. The molecule has 1 unspecified atom stereocenters. The molecule has 0 radical (unpaired) electrons. The van der Waals surface area contributed by atoms with Gasteiger partial charge in [-0.2, -0.15) is 0 Å². The molecule has 0 aliphatic carbocycles. The minimum absolute atomic E-state index is 0.0827. The molecule has 2 aromatic rings. The smallest absolute Gasteiger partial charge is 0.163 e. The third kappa shape index (κ3) is 3.20. The molecule has 1 N–H and O–H groups in total. The van der Waals surface area contributed by atoms with Crippen LogP contribution in [0, 0.1) is 0 Å². The lowest BCUT2D eigenvalue weighted by Gasteiger charge is -2.13. The highest BCUT2D eigenvalue weighted by atomic mass is 16.5. The minimum Gasteiger partial charge on any atom is -0.496 e. The molecule has 1 aromatic carbocycles. The largest absolute Gasteiger partial charge is 0.496 e. The Hall–Kier alpha value is -2.14. The highest BCUT2D eigenvalue weighted by Crippen LogP contribution is 2.26. The highest BCUT2D eigenvalue weighted by molar-refractivity contribution is 5.63. The fraction of sp³-hybridized carbons (Fsp3) is 0.286. The summed E-state index contributed by atoms with van der Waals surface area (Å²) in [5, 5.41) is 2.98. The van der Waals surface area contributed by atoms with Crippen molar-refractivity contribution in [2.75, 3.05) is 14.2 Å². The quantitative estimate of drug-likeness (QED) is 0.833. The standard InChI is InChI=1S/C14H17N3O2/c1-10(15-2)19-11-8-16-14(17-9-11)12-6-4-5-7-13(12)18-3/h4-10,15H,1-3H3. The normalized spacial score (nSPS) is 11.9. The van der Waals surface area contributed by atoms with Gasteiger partial charge in [-0.1, -0.05) is 12.1 Å². The van der Waals surface area contributed by atoms with Crippen LogP contribution in [0.15, 0.2) is 36.7 Å². The van der Waals surface area contributed by atoms with Gasteiger partial charge < -0.3 is 9.47 Å². The van der Waals surface area contributed by atoms with Crippen LogP contribution in [-0.4, -0.2) is 30.4 Å². The number of methoxy groups -OCH3 is 1. The third-order valence-electron chi connectivity index (χ3n) is 2.70. The second-order valence-corrected chi connectivity index (χ2v) is 3.99. The van der Waals surface area contributed by atoms with Gasteiger partial charge in [-0.3, -0.25) is 5.32 Å². The van der Waals surface area contributed by atoms with Gasteiger partial charge in [-0.25, -0.2) is 9.97 Å². The van der Waals surface area contributed by atoms with Crippen LogP contribution < -0.4 is 14.8 Å². The van der Waals surface area contributed by atoms with Gasteiger partial charge in [0.2, 0.25) is 0 Å². The van der Waals surface area contributed by atoms with Crippen LogP contribution >= 0.6 is 0 Å². The topological polar surface area (TPSA) is 56.3 Å². The first-order valence-electron chi connectivity index (χ1n) is 6.04. The number of benzene rings is 1. The maximum Gasteiger partial charge on any atom is 0.163 e. The molecule has 100 valence electrons. The van der Waals surface area contributed by atoms with E-state index in [0.717, 1.165) is 11.3 Å². The Bertz CT molecular complexity index is 528. The van der Waals surface area contributed by atoms with Crippen molar-refractivity contribution in [2.24, 2.45) is 0 Å². The van der Waals surface area contributed by atoms with Crippen molar-refractivity contribution < 1.29 is 9.47 Å². The second kappa shape index (κ2) is 6.15. The predicted molar refractivity (Wildman–Crippen MR) is 73.2 cm³/mol. The Morgan fingerprint density at radius 1 is 1.16 bits per heavy atom. The van der Waals surface area contributed by atoms with E-state index >= 15 is 0 Å². The predicted octanol–water partition coefficient (Wildman–Crippen LogP) is 2.10. The Labute approximate surface area is 112 Å². The van der Waals surface area contributed by atoms with Gasteiger partial charge >= 0.3 is 0 Å². The van der Waals surface area contributed by atoms with Crippen LogP contribution in [0.1, 0.15) is 6.92 Å². The molecule has 19 heavy (non-hydrogen) atoms. The maximum atomic E-state index is 5.54. The Balaban J connectivity index is 2.22. The molecular formula is C14H17N3O2. The maximum absolute atomic E-state index is 5.54. The zero-order valence-corrected chi connectivity index (χ0v) is 11.3. The number of aromatic nitrogens is 2. The SMILES string of the molecule is CNC(C)Oc1cnc(-c2ccccc2OC)nc1. The van der Waals surface area contributed by atoms with Gasteiger partial charge in [-0.05, 0) is 26.1 Å². The van der Waals surface area contributed by atoms with Gasteiger partial charge in [0.05, 0.1) is 25.1 Å². The van der Waals surface area contributed by atoms with Gasteiger partial charge in [0.1, 0.15) is 12.0 Å². The van der Waals surface area contributed by atoms with Gasteiger partial charge in [0.25, 0.3) is 0 Å². The molecule has 0 spiro atoms. The zero-order chi connectivity index (χ0) is 13.7. The number of rotatable bonds is 5. The Morgan fingerprint density at radius 3 is 2.47 bits per heavy atom. The van der Waals surface area contributed by atoms with E-state index < -0.39 is 0 Å². The lowest BCUT2D eigenvalue weighted by atomic mass is 10.2. The van der Waals surface area contributed by atoms with E-state index in [0.29, 0.717) is 11.6 Å². The van der Waals surface area contributed by atoms with Crippen molar-refractivity contribution in [3.05, 3.63) is 36.7 Å². The first-order chi connectivity index (χ1) is 9.24. The summed E-state index contributed by atoms with van der Waals surface area (Å²) in [5.74, 6) is 1.99. The number of nitrogens with one attached hydrogen (secondary N) is 1. The average molecular weight is 259 g/mol. The van der Waals surface area contributed by atoms with Crippen LogP contribution in [0.25, 0.3) is 11.4 Å². The molecule has 1 atom stereocenters. The summed E-state index contributed by atoms with van der Waals surface area (Å²) >= 11 is 0. The molecule has 0 bridgehead atoms. The van der Waals surface area contributed by atoms with Gasteiger partial charge in [0.15, 0.2) is 11.6 Å². The summed E-state index contributed by atoms with van der Waals surface area (Å²) in [7, 11) is 3.46. The van der Waals surface area contributed by atoms with Crippen molar-refractivity contribution in [1.29, 1.82) is 0 Å². The number of ether oxygens (including phenoxy) is 2. The molecule has 0 amide bonds. The van der Waals surface area contributed by atoms with Crippen molar-refractivity contribution in [3.8, 4) is 22.9 Å². The van der Waals surface area contributed by atoms with Crippen molar-refractivity contribution >= 4 is 0 Å². The fourth-order valence-electron chi connectivity index (χ4n) is 1.61. The van der Waals surface area contributed by atoms with Crippen LogP contribution in [0.2, 0.25) is 0 Å². The number of para-hydroxylation sites is 1. The van der Waals surface area contributed by atoms with Crippen molar-refractivity contribution in [1.82, 2.24) is 15.3 Å². The van der Waals surface area contributed by atoms with Crippen molar-refractivity contribution in [3.63, 3.8) is 0 Å². The molecule has 0 saturated carbocycles. The van der Waals surface area contributed by atoms with E-state index in [1.807, 2.05) is 38.2 Å². The summed E-state index contributed by atoms with van der Waals surface area (Å²) in [6, 6.07) is 7.64. The number of hydrogen-bond donors (Lipinski definition) is 1. The second-order valence-electron chi connectivity index (χ2n) is 3.99. The lowest BCUT2D eigenvalue weighted by molar-refractivity contribution is 0.192. The molecule has 5 nitrogen and oxygen atoms in total. The molecule has 1 heterocycles. The van der Waals surface area contributed by atoms with E-state index in [2.05, 4.69) is 15.3 Å². The molecule has 0 aliphatic heterocycles. The lowest BCUT2D eigenvalue weighted by Crippen LogP contribution is -2.27. The summed E-state index contributed by atoms with van der Waals surface area (Å²) in [4.78, 5) is 8.60. The molecular weight excluding hydrogens is 242 g/mol. The van der Waals surface area contributed by atoms with E-state index in [1.165, 1.54) is 0 Å². The average Bonchev–Trinajstić information content (AvgIpc) is 2.48. The van der Waals surface area contributed by atoms with Crippen molar-refractivity contribution in [2.45, 2.75) is 13.2 Å². The Morgan fingerprint density at radius 2 is 1.84 bits per heavy atom. The van der Waals surface area contributed by atoms with Crippen LogP contribution in [-0.2, 0) is 0 Å². The van der Waals surface area contributed by atoms with E-state index in [4.69, 9.17) is 9.47 Å². The summed E-state index contributed by atoms with van der Waals surface area (Å²) < 4.78 is 10.8. The van der Waals surface area contributed by atoms with E-state index in [9.17, 15) is 0 Å². The Kier molecular flexibility index (Phi) is 4.30. The zero-order valence-electron chi connectivity index (χ0n) is 11.3. The summed E-state index contributed by atoms with van der Waals surface area (Å²) in [6.45, 7) is 1.91. The molecule has 1 aromatic heterocycles. The van der Waals surface area contributed by atoms with E-state index in [1.54, 1.807) is 19.5 Å². The summed E-state index contributed by atoms with van der Waals surface area (Å²) in [6.07, 6.45) is 3.23. The van der Waals surface area contributed by atoms with Crippen LogP contribution in [0.3, 0.4) is 0 Å². The fourth-order valence-corrected chi connectivity index (χ4v) is 1.61. The molecule has 0 fully saturated rings. The van der Waals surface area contributed by atoms with Crippen LogP contribution in [0.5, 0.6) is 11.5 Å². The first-order valence-corrected chi connectivity index (χ1v) is 6.04. The van der Waals surface area contributed by atoms with Crippen LogP contribution in [0.4, 0.5) is 0 Å². The number of nitrogens with zero attached hydrogens (tertiary/aromatic N) is 2. The number of hydrogen-bond acceptors (Lipinski definition) is 5. The van der Waals surface area contributed by atoms with Gasteiger partial charge in [-0.15, -0.1) is 0 Å². The first kappa shape index (κ1) is 13.3. The summed E-state index contributed by atoms with van der Waals surface area (Å²) in [5.41, 5.74) is 0.859. The van der Waals surface area contributed by atoms with E-state index in [-0.39, 0.29) is 6.23 Å². The minimum atomic E-state index is -0.0827. The van der Waals surface area contributed by atoms with Gasteiger partial charge in [0, 0.05) is 0 Å². The molecule has 0 saturated heterocycles. The highest BCUT2D eigenvalue weighted by Gasteiger charge is 2.08. The molecule has 0 aliphatic rings. The third-order valence-corrected chi connectivity index (χ3v) is 2.70. The monoisotopic (exact) mass is 259 g/mol.